The summed E-state index contributed by atoms with van der Waals surface area (Å²) in [4.78, 5) is 0. The molecule has 0 aliphatic carbocycles. The molecule has 1 aromatic rings. The molecule has 4 heteroatoms. The van der Waals surface area contributed by atoms with Crippen LogP contribution in [-0.4, -0.2) is 25.9 Å². The van der Waals surface area contributed by atoms with Crippen molar-refractivity contribution >= 4 is 15.9 Å². The van der Waals surface area contributed by atoms with Crippen LogP contribution in [0.15, 0.2) is 10.5 Å². The van der Waals surface area contributed by atoms with E-state index >= 15 is 0 Å². The predicted molar refractivity (Wildman–Crippen MR) is 76.8 cm³/mol. The molecular formula is C14H21BrO3. The van der Waals surface area contributed by atoms with Crippen LogP contribution in [0.4, 0.5) is 0 Å². The number of halogens is 1. The molecule has 1 atom stereocenters. The lowest BCUT2D eigenvalue weighted by Crippen LogP contribution is -2.08. The highest BCUT2D eigenvalue weighted by molar-refractivity contribution is 9.10. The molecule has 0 aliphatic heterocycles. The molecule has 1 N–H and O–H groups in total. The largest absolute Gasteiger partial charge is 0.493 e. The van der Waals surface area contributed by atoms with Gasteiger partial charge in [0.25, 0.3) is 0 Å². The number of benzene rings is 1. The van der Waals surface area contributed by atoms with Crippen molar-refractivity contribution in [1.29, 1.82) is 0 Å². The maximum atomic E-state index is 9.39. The summed E-state index contributed by atoms with van der Waals surface area (Å²) in [5.74, 6) is 1.82. The zero-order valence-corrected chi connectivity index (χ0v) is 13.2. The quantitative estimate of drug-likeness (QED) is 0.900. The third-order valence-corrected chi connectivity index (χ3v) is 3.64. The first-order valence-corrected chi connectivity index (χ1v) is 6.82. The fourth-order valence-corrected chi connectivity index (χ4v) is 2.72. The first-order valence-electron chi connectivity index (χ1n) is 6.02. The van der Waals surface area contributed by atoms with Gasteiger partial charge in [0.1, 0.15) is 0 Å². The van der Waals surface area contributed by atoms with E-state index in [9.17, 15) is 5.11 Å². The van der Waals surface area contributed by atoms with Gasteiger partial charge in [-0.1, -0.05) is 20.8 Å². The summed E-state index contributed by atoms with van der Waals surface area (Å²) in [5, 5.41) is 9.39. The lowest BCUT2D eigenvalue weighted by molar-refractivity contribution is 0.271. The Morgan fingerprint density at radius 1 is 1.17 bits per heavy atom. The van der Waals surface area contributed by atoms with Crippen molar-refractivity contribution in [2.75, 3.05) is 20.8 Å². The Labute approximate surface area is 117 Å². The van der Waals surface area contributed by atoms with Crippen LogP contribution in [0.5, 0.6) is 11.5 Å². The van der Waals surface area contributed by atoms with Crippen molar-refractivity contribution < 1.29 is 14.6 Å². The summed E-state index contributed by atoms with van der Waals surface area (Å²) in [6.45, 7) is 6.33. The molecule has 0 saturated carbocycles. The molecule has 1 unspecified atom stereocenters. The van der Waals surface area contributed by atoms with E-state index in [4.69, 9.17) is 9.47 Å². The molecule has 3 nitrogen and oxygen atoms in total. The molecule has 0 amide bonds. The number of methoxy groups -OCH3 is 2. The second-order valence-electron chi connectivity index (χ2n) is 4.67. The van der Waals surface area contributed by atoms with Crippen molar-refractivity contribution in [1.82, 2.24) is 0 Å². The second kappa shape index (κ2) is 6.43. The second-order valence-corrected chi connectivity index (χ2v) is 5.52. The van der Waals surface area contributed by atoms with Gasteiger partial charge < -0.3 is 14.6 Å². The zero-order valence-electron chi connectivity index (χ0n) is 11.6. The maximum Gasteiger partial charge on any atom is 0.175 e. The standard InChI is InChI=1S/C14H21BrO3/c1-8(2)12-10(9(3)7-16)6-11(15)13(17-4)14(12)18-5/h6,8-9,16H,7H2,1-5H3. The smallest absolute Gasteiger partial charge is 0.175 e. The van der Waals surface area contributed by atoms with Gasteiger partial charge in [-0.15, -0.1) is 0 Å². The van der Waals surface area contributed by atoms with Crippen molar-refractivity contribution in [3.05, 3.63) is 21.7 Å². The van der Waals surface area contributed by atoms with Gasteiger partial charge in [-0.05, 0) is 33.5 Å². The highest BCUT2D eigenvalue weighted by atomic mass is 79.9. The summed E-state index contributed by atoms with van der Waals surface area (Å²) in [7, 11) is 3.27. The summed E-state index contributed by atoms with van der Waals surface area (Å²) >= 11 is 3.49. The first kappa shape index (κ1) is 15.3. The van der Waals surface area contributed by atoms with Crippen LogP contribution < -0.4 is 9.47 Å². The van der Waals surface area contributed by atoms with Gasteiger partial charge in [-0.2, -0.15) is 0 Å². The van der Waals surface area contributed by atoms with Gasteiger partial charge in [-0.25, -0.2) is 0 Å². The van der Waals surface area contributed by atoms with Crippen molar-refractivity contribution in [3.63, 3.8) is 0 Å². The van der Waals surface area contributed by atoms with Crippen molar-refractivity contribution in [3.8, 4) is 11.5 Å². The van der Waals surface area contributed by atoms with Gasteiger partial charge in [0.05, 0.1) is 18.7 Å². The van der Waals surface area contributed by atoms with Crippen LogP contribution in [-0.2, 0) is 0 Å². The number of ether oxygens (including phenoxy) is 2. The molecule has 102 valence electrons. The fourth-order valence-electron chi connectivity index (χ4n) is 2.14. The van der Waals surface area contributed by atoms with Gasteiger partial charge in [-0.3, -0.25) is 0 Å². The lowest BCUT2D eigenvalue weighted by Gasteiger charge is -2.23. The van der Waals surface area contributed by atoms with Crippen LogP contribution in [0.25, 0.3) is 0 Å². The van der Waals surface area contributed by atoms with Gasteiger partial charge in [0.2, 0.25) is 0 Å². The molecule has 0 fully saturated rings. The molecule has 1 aromatic carbocycles. The lowest BCUT2D eigenvalue weighted by atomic mass is 9.89. The van der Waals surface area contributed by atoms with Crippen molar-refractivity contribution in [2.45, 2.75) is 32.6 Å². The average molecular weight is 317 g/mol. The van der Waals surface area contributed by atoms with E-state index in [2.05, 4.69) is 29.8 Å². The average Bonchev–Trinajstić information content (AvgIpc) is 2.35. The van der Waals surface area contributed by atoms with E-state index in [0.29, 0.717) is 11.7 Å². The maximum absolute atomic E-state index is 9.39. The normalized spacial score (nSPS) is 12.7. The highest BCUT2D eigenvalue weighted by Crippen LogP contribution is 2.45. The van der Waals surface area contributed by atoms with Crippen LogP contribution in [0.3, 0.4) is 0 Å². The number of aliphatic hydroxyl groups excluding tert-OH is 1. The van der Waals surface area contributed by atoms with E-state index in [1.54, 1.807) is 14.2 Å². The van der Waals surface area contributed by atoms with Gasteiger partial charge >= 0.3 is 0 Å². The predicted octanol–water partition coefficient (Wildman–Crippen LogP) is 3.69. The Bertz CT molecular complexity index is 416. The zero-order chi connectivity index (χ0) is 13.9. The number of hydrogen-bond donors (Lipinski definition) is 1. The molecule has 1 rings (SSSR count). The Kier molecular flexibility index (Phi) is 5.47. The Hall–Kier alpha value is -0.740. The van der Waals surface area contributed by atoms with Crippen LogP contribution in [0, 0.1) is 0 Å². The number of hydrogen-bond acceptors (Lipinski definition) is 3. The minimum absolute atomic E-state index is 0.0681. The van der Waals surface area contributed by atoms with Crippen molar-refractivity contribution in [2.24, 2.45) is 0 Å². The van der Waals surface area contributed by atoms with Crippen LogP contribution in [0.2, 0.25) is 0 Å². The van der Waals surface area contributed by atoms with E-state index in [1.807, 2.05) is 13.0 Å². The summed E-state index contributed by atoms with van der Waals surface area (Å²) in [6, 6.07) is 2.01. The monoisotopic (exact) mass is 316 g/mol. The van der Waals surface area contributed by atoms with Gasteiger partial charge in [0, 0.05) is 18.1 Å². The highest BCUT2D eigenvalue weighted by Gasteiger charge is 2.23. The molecule has 18 heavy (non-hydrogen) atoms. The van der Waals surface area contributed by atoms with E-state index in [-0.39, 0.29) is 12.5 Å². The third-order valence-electron chi connectivity index (χ3n) is 3.05. The van der Waals surface area contributed by atoms with E-state index in [0.717, 1.165) is 21.3 Å². The number of rotatable bonds is 5. The summed E-state index contributed by atoms with van der Waals surface area (Å²) < 4.78 is 11.7. The molecular weight excluding hydrogens is 296 g/mol. The number of aliphatic hydroxyl groups is 1. The summed E-state index contributed by atoms with van der Waals surface area (Å²) in [6.07, 6.45) is 0. The third kappa shape index (κ3) is 2.81. The molecule has 0 bridgehead atoms. The minimum Gasteiger partial charge on any atom is -0.493 e. The fraction of sp³-hybridized carbons (Fsp3) is 0.571. The summed E-state index contributed by atoms with van der Waals surface area (Å²) in [5.41, 5.74) is 2.19. The van der Waals surface area contributed by atoms with E-state index < -0.39 is 0 Å². The topological polar surface area (TPSA) is 38.7 Å². The molecule has 0 heterocycles. The van der Waals surface area contributed by atoms with Crippen LogP contribution in [0.1, 0.15) is 43.7 Å². The Morgan fingerprint density at radius 3 is 2.11 bits per heavy atom. The molecule has 0 radical (unpaired) electrons. The Balaban J connectivity index is 3.57. The SMILES string of the molecule is COc1c(Br)cc(C(C)CO)c(C(C)C)c1OC. The molecule has 0 saturated heterocycles. The first-order chi connectivity index (χ1) is 8.47. The van der Waals surface area contributed by atoms with Gasteiger partial charge in [0.15, 0.2) is 11.5 Å². The Morgan fingerprint density at radius 2 is 1.72 bits per heavy atom. The van der Waals surface area contributed by atoms with E-state index in [1.165, 1.54) is 0 Å². The molecule has 0 spiro atoms. The molecule has 0 aliphatic rings. The molecule has 0 aromatic heterocycles. The van der Waals surface area contributed by atoms with Crippen LogP contribution >= 0.6 is 15.9 Å². The minimum atomic E-state index is 0.0681.